The van der Waals surface area contributed by atoms with Crippen molar-refractivity contribution < 1.29 is 14.6 Å². The molecule has 30 heavy (non-hydrogen) atoms. The summed E-state index contributed by atoms with van der Waals surface area (Å²) in [5.74, 6) is 0.620. The summed E-state index contributed by atoms with van der Waals surface area (Å²) >= 11 is 12.4. The van der Waals surface area contributed by atoms with Crippen molar-refractivity contribution in [3.8, 4) is 11.5 Å². The van der Waals surface area contributed by atoms with Crippen LogP contribution >= 0.6 is 23.2 Å². The summed E-state index contributed by atoms with van der Waals surface area (Å²) in [6.45, 7) is 0.686. The largest absolute Gasteiger partial charge is 0.480 e. The number of ether oxygens (including phenoxy) is 1. The minimum absolute atomic E-state index is 0.275. The van der Waals surface area contributed by atoms with Crippen molar-refractivity contribution in [1.29, 1.82) is 0 Å². The average molecular weight is 442 g/mol. The van der Waals surface area contributed by atoms with Crippen LogP contribution in [0.2, 0.25) is 10.0 Å². The van der Waals surface area contributed by atoms with Gasteiger partial charge in [0, 0.05) is 6.54 Å². The van der Waals surface area contributed by atoms with E-state index in [1.54, 1.807) is 6.07 Å². The summed E-state index contributed by atoms with van der Waals surface area (Å²) in [7, 11) is 0. The lowest BCUT2D eigenvalue weighted by molar-refractivity contribution is -0.142. The number of hydrogen-bond donors (Lipinski definition) is 1. The lowest BCUT2D eigenvalue weighted by atomic mass is 9.96. The number of benzene rings is 3. The van der Waals surface area contributed by atoms with Gasteiger partial charge in [-0.25, -0.2) is 0 Å². The zero-order valence-corrected chi connectivity index (χ0v) is 17.7. The fourth-order valence-electron chi connectivity index (χ4n) is 3.99. The highest BCUT2D eigenvalue weighted by molar-refractivity contribution is 6.42. The molecule has 1 saturated heterocycles. The highest BCUT2D eigenvalue weighted by Gasteiger charge is 2.37. The van der Waals surface area contributed by atoms with Crippen LogP contribution < -0.4 is 4.74 Å². The Morgan fingerprint density at radius 1 is 0.933 bits per heavy atom. The summed E-state index contributed by atoms with van der Waals surface area (Å²) in [6, 6.07) is 22.0. The minimum Gasteiger partial charge on any atom is -0.480 e. The van der Waals surface area contributed by atoms with Crippen LogP contribution in [0.3, 0.4) is 0 Å². The zero-order valence-electron chi connectivity index (χ0n) is 16.2. The number of carboxylic acids is 1. The third kappa shape index (κ3) is 4.46. The van der Waals surface area contributed by atoms with Gasteiger partial charge in [-0.3, -0.25) is 9.69 Å². The van der Waals surface area contributed by atoms with Gasteiger partial charge < -0.3 is 9.84 Å². The number of nitrogens with zero attached hydrogens (tertiary/aromatic N) is 1. The van der Waals surface area contributed by atoms with Crippen LogP contribution in [0.25, 0.3) is 0 Å². The Morgan fingerprint density at radius 3 is 2.40 bits per heavy atom. The molecule has 3 aromatic carbocycles. The van der Waals surface area contributed by atoms with E-state index in [1.165, 1.54) is 0 Å². The standard InChI is InChI=1S/C24H21Cl2NO3/c25-20-12-11-17(15-21(20)26)23(27-13-5-10-22(27)24(28)29)16-6-4-9-19(14-16)30-18-7-2-1-3-8-18/h1-4,6-9,11-12,14-15,22-23H,5,10,13H2,(H,28,29). The number of para-hydroxylation sites is 1. The smallest absolute Gasteiger partial charge is 0.320 e. The molecule has 0 radical (unpaired) electrons. The van der Waals surface area contributed by atoms with Crippen LogP contribution in [-0.2, 0) is 4.79 Å². The van der Waals surface area contributed by atoms with Crippen molar-refractivity contribution in [1.82, 2.24) is 4.90 Å². The molecule has 2 unspecified atom stereocenters. The van der Waals surface area contributed by atoms with Crippen LogP contribution in [-0.4, -0.2) is 28.6 Å². The molecular formula is C24H21Cl2NO3. The Kier molecular flexibility index (Phi) is 6.28. The molecule has 1 N–H and O–H groups in total. The molecule has 0 amide bonds. The Balaban J connectivity index is 1.75. The number of hydrogen-bond acceptors (Lipinski definition) is 3. The van der Waals surface area contributed by atoms with Crippen molar-refractivity contribution in [2.75, 3.05) is 6.54 Å². The number of halogens is 2. The Hall–Kier alpha value is -2.53. The van der Waals surface area contributed by atoms with Crippen LogP contribution in [0.1, 0.15) is 30.0 Å². The summed E-state index contributed by atoms with van der Waals surface area (Å²) in [6.07, 6.45) is 1.45. The number of aliphatic carboxylic acids is 1. The predicted octanol–water partition coefficient (Wildman–Crippen LogP) is 6.42. The van der Waals surface area contributed by atoms with E-state index in [9.17, 15) is 9.90 Å². The molecule has 154 valence electrons. The normalized spacial score (nSPS) is 17.6. The molecule has 1 heterocycles. The molecule has 1 fully saturated rings. The molecule has 1 aliphatic rings. The van der Waals surface area contributed by atoms with E-state index in [1.807, 2.05) is 71.6 Å². The van der Waals surface area contributed by atoms with Gasteiger partial charge in [0.25, 0.3) is 0 Å². The number of likely N-dealkylation sites (tertiary alicyclic amines) is 1. The van der Waals surface area contributed by atoms with Crippen molar-refractivity contribution in [3.05, 3.63) is 94.0 Å². The molecular weight excluding hydrogens is 421 g/mol. The third-order valence-corrected chi connectivity index (χ3v) is 6.06. The van der Waals surface area contributed by atoms with E-state index < -0.39 is 12.0 Å². The van der Waals surface area contributed by atoms with Gasteiger partial charge in [-0.2, -0.15) is 0 Å². The van der Waals surface area contributed by atoms with Crippen LogP contribution in [0.15, 0.2) is 72.8 Å². The van der Waals surface area contributed by atoms with Crippen molar-refractivity contribution >= 4 is 29.2 Å². The van der Waals surface area contributed by atoms with Gasteiger partial charge in [-0.05, 0) is 60.4 Å². The molecule has 0 spiro atoms. The van der Waals surface area contributed by atoms with Crippen molar-refractivity contribution in [3.63, 3.8) is 0 Å². The maximum atomic E-state index is 11.9. The van der Waals surface area contributed by atoms with Crippen molar-refractivity contribution in [2.24, 2.45) is 0 Å². The van der Waals surface area contributed by atoms with Crippen LogP contribution in [0.4, 0.5) is 0 Å². The molecule has 1 aliphatic heterocycles. The lowest BCUT2D eigenvalue weighted by Crippen LogP contribution is -2.39. The van der Waals surface area contributed by atoms with E-state index in [0.717, 1.165) is 23.3 Å². The molecule has 4 rings (SSSR count). The first kappa shape index (κ1) is 20.7. The second-order valence-electron chi connectivity index (χ2n) is 7.30. The first-order chi connectivity index (χ1) is 14.5. The molecule has 4 nitrogen and oxygen atoms in total. The Morgan fingerprint density at radius 2 is 1.67 bits per heavy atom. The fraction of sp³-hybridized carbons (Fsp3) is 0.208. The molecule has 3 aromatic rings. The van der Waals surface area contributed by atoms with E-state index in [2.05, 4.69) is 0 Å². The monoisotopic (exact) mass is 441 g/mol. The highest BCUT2D eigenvalue weighted by atomic mass is 35.5. The molecule has 2 atom stereocenters. The van der Waals surface area contributed by atoms with E-state index >= 15 is 0 Å². The van der Waals surface area contributed by atoms with Gasteiger partial charge in [0.15, 0.2) is 0 Å². The average Bonchev–Trinajstić information content (AvgIpc) is 3.22. The molecule has 0 aliphatic carbocycles. The van der Waals surface area contributed by atoms with E-state index in [-0.39, 0.29) is 6.04 Å². The summed E-state index contributed by atoms with van der Waals surface area (Å²) < 4.78 is 6.00. The van der Waals surface area contributed by atoms with Crippen LogP contribution in [0, 0.1) is 0 Å². The van der Waals surface area contributed by atoms with Gasteiger partial charge in [-0.1, -0.05) is 59.6 Å². The number of rotatable bonds is 6. The molecule has 6 heteroatoms. The van der Waals surface area contributed by atoms with E-state index in [4.69, 9.17) is 27.9 Å². The lowest BCUT2D eigenvalue weighted by Gasteiger charge is -2.32. The van der Waals surface area contributed by atoms with Crippen LogP contribution in [0.5, 0.6) is 11.5 Å². The SMILES string of the molecule is O=C(O)C1CCCN1C(c1cccc(Oc2ccccc2)c1)c1ccc(Cl)c(Cl)c1. The summed E-state index contributed by atoms with van der Waals surface area (Å²) in [5, 5.41) is 10.7. The van der Waals surface area contributed by atoms with Gasteiger partial charge in [0.1, 0.15) is 17.5 Å². The van der Waals surface area contributed by atoms with Gasteiger partial charge in [0.05, 0.1) is 16.1 Å². The van der Waals surface area contributed by atoms with Crippen molar-refractivity contribution in [2.45, 2.75) is 24.9 Å². The van der Waals surface area contributed by atoms with Gasteiger partial charge >= 0.3 is 5.97 Å². The van der Waals surface area contributed by atoms with Gasteiger partial charge in [-0.15, -0.1) is 0 Å². The maximum absolute atomic E-state index is 11.9. The third-order valence-electron chi connectivity index (χ3n) is 5.32. The number of carboxylic acid groups (broad SMARTS) is 1. The molecule has 0 aromatic heterocycles. The Labute approximate surface area is 185 Å². The topological polar surface area (TPSA) is 49.8 Å². The second kappa shape index (κ2) is 9.09. The fourth-order valence-corrected chi connectivity index (χ4v) is 4.30. The van der Waals surface area contributed by atoms with E-state index in [0.29, 0.717) is 28.8 Å². The maximum Gasteiger partial charge on any atom is 0.320 e. The second-order valence-corrected chi connectivity index (χ2v) is 8.11. The summed E-state index contributed by atoms with van der Waals surface area (Å²) in [4.78, 5) is 13.9. The quantitative estimate of drug-likeness (QED) is 0.478. The summed E-state index contributed by atoms with van der Waals surface area (Å²) in [5.41, 5.74) is 1.84. The molecule has 0 saturated carbocycles. The minimum atomic E-state index is -0.811. The Bertz CT molecular complexity index is 1040. The first-order valence-corrected chi connectivity index (χ1v) is 10.5. The molecule has 0 bridgehead atoms. The van der Waals surface area contributed by atoms with Gasteiger partial charge in [0.2, 0.25) is 0 Å². The predicted molar refractivity (Wildman–Crippen MR) is 119 cm³/mol. The zero-order chi connectivity index (χ0) is 21.1. The first-order valence-electron chi connectivity index (χ1n) is 9.79. The number of carbonyl (C=O) groups is 1. The highest BCUT2D eigenvalue weighted by Crippen LogP contribution is 2.38.